The molecule has 0 aliphatic rings. The molecule has 2 aromatic carbocycles. The summed E-state index contributed by atoms with van der Waals surface area (Å²) in [5.41, 5.74) is 9.84. The molecule has 4 aromatic rings. The molecule has 0 amide bonds. The maximum Gasteiger partial charge on any atom is 0.344 e. The van der Waals surface area contributed by atoms with Gasteiger partial charge in [-0.2, -0.15) is 0 Å². The number of hydrogen-bond donors (Lipinski definition) is 1. The summed E-state index contributed by atoms with van der Waals surface area (Å²) in [5, 5.41) is 0. The number of esters is 1. The van der Waals surface area contributed by atoms with Gasteiger partial charge in [-0.1, -0.05) is 50.8 Å². The van der Waals surface area contributed by atoms with Crippen molar-refractivity contribution in [2.75, 3.05) is 19.5 Å². The molecule has 0 spiro atoms. The minimum atomic E-state index is -0.478. The van der Waals surface area contributed by atoms with Gasteiger partial charge in [0.2, 0.25) is 0 Å². The van der Waals surface area contributed by atoms with Gasteiger partial charge in [-0.3, -0.25) is 4.57 Å². The van der Waals surface area contributed by atoms with Crippen molar-refractivity contribution in [3.63, 3.8) is 0 Å². The molecule has 7 nitrogen and oxygen atoms in total. The Hall–Kier alpha value is -3.61. The van der Waals surface area contributed by atoms with Crippen LogP contribution >= 0.6 is 0 Å². The quantitative estimate of drug-likeness (QED) is 0.285. The van der Waals surface area contributed by atoms with E-state index in [2.05, 4.69) is 6.92 Å². The number of fused-ring (bicyclic) bond motifs is 2. The Bertz CT molecular complexity index is 1250. The highest BCUT2D eigenvalue weighted by molar-refractivity contribution is 6.09. The second-order valence-electron chi connectivity index (χ2n) is 7.73. The first-order valence-corrected chi connectivity index (χ1v) is 11.0. The monoisotopic (exact) mass is 432 g/mol. The summed E-state index contributed by atoms with van der Waals surface area (Å²) < 4.78 is 12.7. The molecule has 0 saturated carbocycles. The molecule has 2 heterocycles. The molecule has 0 saturated heterocycles. The zero-order chi connectivity index (χ0) is 22.5. The standard InChI is InChI=1S/C25H28N4O3/c1-3-4-5-6-9-15-32-25(30)21-22-24(28-20-14-8-7-13-19(20)27-22)29(23(21)26)17-11-10-12-18(16-17)31-2/h7-8,10-14,16H,3-6,9,15,26H2,1-2H3. The Morgan fingerprint density at radius 1 is 1.00 bits per heavy atom. The number of rotatable bonds is 9. The fourth-order valence-corrected chi connectivity index (χ4v) is 3.82. The van der Waals surface area contributed by atoms with Crippen LogP contribution in [0.5, 0.6) is 5.75 Å². The van der Waals surface area contributed by atoms with Crippen LogP contribution in [0.25, 0.3) is 27.9 Å². The van der Waals surface area contributed by atoms with Gasteiger partial charge in [-0.05, 0) is 30.7 Å². The molecule has 0 bridgehead atoms. The number of benzene rings is 2. The fraction of sp³-hybridized carbons (Fsp3) is 0.320. The van der Waals surface area contributed by atoms with Crippen molar-refractivity contribution in [3.05, 3.63) is 54.1 Å². The number of para-hydroxylation sites is 2. The van der Waals surface area contributed by atoms with Gasteiger partial charge in [0, 0.05) is 6.07 Å². The van der Waals surface area contributed by atoms with Gasteiger partial charge in [-0.25, -0.2) is 14.8 Å². The first-order chi connectivity index (χ1) is 15.6. The van der Waals surface area contributed by atoms with E-state index in [9.17, 15) is 4.79 Å². The zero-order valence-electron chi connectivity index (χ0n) is 18.5. The van der Waals surface area contributed by atoms with Gasteiger partial charge in [0.1, 0.15) is 22.6 Å². The predicted octanol–water partition coefficient (Wildman–Crippen LogP) is 5.29. The molecule has 2 N–H and O–H groups in total. The normalized spacial score (nSPS) is 11.2. The summed E-state index contributed by atoms with van der Waals surface area (Å²) in [4.78, 5) is 22.6. The van der Waals surface area contributed by atoms with E-state index < -0.39 is 5.97 Å². The maximum atomic E-state index is 13.1. The predicted molar refractivity (Wildman–Crippen MR) is 126 cm³/mol. The number of anilines is 1. The average molecular weight is 433 g/mol. The third kappa shape index (κ3) is 4.23. The smallest absolute Gasteiger partial charge is 0.344 e. The lowest BCUT2D eigenvalue weighted by atomic mass is 10.2. The van der Waals surface area contributed by atoms with Gasteiger partial charge in [0.05, 0.1) is 30.4 Å². The van der Waals surface area contributed by atoms with Crippen LogP contribution in [0.1, 0.15) is 49.4 Å². The van der Waals surface area contributed by atoms with Gasteiger partial charge in [0.25, 0.3) is 0 Å². The molecule has 0 fully saturated rings. The van der Waals surface area contributed by atoms with Crippen molar-refractivity contribution in [2.24, 2.45) is 0 Å². The SMILES string of the molecule is CCCCCCCOC(=O)c1c(N)n(-c2cccc(OC)c2)c2nc3ccccc3nc12. The van der Waals surface area contributed by atoms with E-state index in [1.807, 2.05) is 48.5 Å². The number of nitrogens with two attached hydrogens (primary N) is 1. The molecule has 32 heavy (non-hydrogen) atoms. The molecule has 7 heteroatoms. The summed E-state index contributed by atoms with van der Waals surface area (Å²) in [6.45, 7) is 2.53. The Kier molecular flexibility index (Phi) is 6.54. The lowest BCUT2D eigenvalue weighted by Gasteiger charge is -2.09. The fourth-order valence-electron chi connectivity index (χ4n) is 3.82. The van der Waals surface area contributed by atoms with Crippen LogP contribution in [0.3, 0.4) is 0 Å². The van der Waals surface area contributed by atoms with Crippen LogP contribution in [0.15, 0.2) is 48.5 Å². The van der Waals surface area contributed by atoms with Gasteiger partial charge in [0.15, 0.2) is 5.65 Å². The average Bonchev–Trinajstić information content (AvgIpc) is 3.10. The topological polar surface area (TPSA) is 92.3 Å². The van der Waals surface area contributed by atoms with Crippen molar-refractivity contribution < 1.29 is 14.3 Å². The van der Waals surface area contributed by atoms with Crippen molar-refractivity contribution in [1.29, 1.82) is 0 Å². The maximum absolute atomic E-state index is 13.1. The Morgan fingerprint density at radius 2 is 1.75 bits per heavy atom. The van der Waals surface area contributed by atoms with E-state index in [1.54, 1.807) is 11.7 Å². The Balaban J connectivity index is 1.77. The number of carbonyl (C=O) groups excluding carboxylic acids is 1. The largest absolute Gasteiger partial charge is 0.497 e. The van der Waals surface area contributed by atoms with Crippen LogP contribution in [-0.4, -0.2) is 34.2 Å². The number of unbranched alkanes of at least 4 members (excludes halogenated alkanes) is 4. The van der Waals surface area contributed by atoms with Gasteiger partial charge in [-0.15, -0.1) is 0 Å². The molecule has 4 rings (SSSR count). The highest BCUT2D eigenvalue weighted by atomic mass is 16.5. The van der Waals surface area contributed by atoms with Crippen molar-refractivity contribution >= 4 is 34.0 Å². The number of hydrogen-bond acceptors (Lipinski definition) is 6. The van der Waals surface area contributed by atoms with E-state index in [1.165, 1.54) is 12.8 Å². The number of aromatic nitrogens is 3. The van der Waals surface area contributed by atoms with Crippen LogP contribution in [0.4, 0.5) is 5.82 Å². The molecular formula is C25H28N4O3. The van der Waals surface area contributed by atoms with Crippen molar-refractivity contribution in [1.82, 2.24) is 14.5 Å². The van der Waals surface area contributed by atoms with E-state index in [0.717, 1.165) is 30.5 Å². The first-order valence-electron chi connectivity index (χ1n) is 11.0. The zero-order valence-corrected chi connectivity index (χ0v) is 18.5. The molecule has 0 unspecified atom stereocenters. The second kappa shape index (κ2) is 9.68. The molecule has 0 atom stereocenters. The molecule has 0 aliphatic carbocycles. The summed E-state index contributed by atoms with van der Waals surface area (Å²) in [6, 6.07) is 15.0. The summed E-state index contributed by atoms with van der Waals surface area (Å²) in [7, 11) is 1.60. The van der Waals surface area contributed by atoms with Crippen LogP contribution in [-0.2, 0) is 4.74 Å². The minimum Gasteiger partial charge on any atom is -0.497 e. The number of nitrogen functional groups attached to an aromatic ring is 1. The molecule has 2 aromatic heterocycles. The molecule has 0 aliphatic heterocycles. The number of carbonyl (C=O) groups is 1. The van der Waals surface area contributed by atoms with Crippen molar-refractivity contribution in [2.45, 2.75) is 39.0 Å². The summed E-state index contributed by atoms with van der Waals surface area (Å²) >= 11 is 0. The number of nitrogens with zero attached hydrogens (tertiary/aromatic N) is 3. The molecule has 166 valence electrons. The second-order valence-corrected chi connectivity index (χ2v) is 7.73. The van der Waals surface area contributed by atoms with Crippen molar-refractivity contribution in [3.8, 4) is 11.4 Å². The van der Waals surface area contributed by atoms with E-state index in [-0.39, 0.29) is 11.4 Å². The molecular weight excluding hydrogens is 404 g/mol. The first kappa shape index (κ1) is 21.6. The summed E-state index contributed by atoms with van der Waals surface area (Å²) in [6.07, 6.45) is 5.37. The van der Waals surface area contributed by atoms with E-state index >= 15 is 0 Å². The third-order valence-corrected chi connectivity index (χ3v) is 5.49. The number of methoxy groups -OCH3 is 1. The van der Waals surface area contributed by atoms with Crippen LogP contribution in [0.2, 0.25) is 0 Å². The van der Waals surface area contributed by atoms with Crippen LogP contribution < -0.4 is 10.5 Å². The van der Waals surface area contributed by atoms with Crippen LogP contribution in [0, 0.1) is 0 Å². The number of ether oxygens (including phenoxy) is 2. The third-order valence-electron chi connectivity index (χ3n) is 5.49. The Labute approximate surface area is 187 Å². The Morgan fingerprint density at radius 3 is 2.50 bits per heavy atom. The highest BCUT2D eigenvalue weighted by Gasteiger charge is 2.26. The lowest BCUT2D eigenvalue weighted by molar-refractivity contribution is 0.0501. The van der Waals surface area contributed by atoms with E-state index in [4.69, 9.17) is 25.2 Å². The minimum absolute atomic E-state index is 0.245. The summed E-state index contributed by atoms with van der Waals surface area (Å²) in [5.74, 6) is 0.447. The van der Waals surface area contributed by atoms with Gasteiger partial charge < -0.3 is 15.2 Å². The highest BCUT2D eigenvalue weighted by Crippen LogP contribution is 2.32. The molecule has 0 radical (unpaired) electrons. The van der Waals surface area contributed by atoms with E-state index in [0.29, 0.717) is 29.0 Å². The lowest BCUT2D eigenvalue weighted by Crippen LogP contribution is -2.10. The van der Waals surface area contributed by atoms with Gasteiger partial charge >= 0.3 is 5.97 Å².